The van der Waals surface area contributed by atoms with Crippen LogP contribution in [0.1, 0.15) is 21.5 Å². The van der Waals surface area contributed by atoms with Gasteiger partial charge in [0, 0.05) is 5.56 Å². The van der Waals surface area contributed by atoms with Crippen molar-refractivity contribution < 1.29 is 14.3 Å². The molecule has 2 aromatic rings. The van der Waals surface area contributed by atoms with Crippen LogP contribution in [0, 0.1) is 17.1 Å². The van der Waals surface area contributed by atoms with E-state index in [0.29, 0.717) is 5.56 Å². The van der Waals surface area contributed by atoms with E-state index in [1.54, 1.807) is 18.2 Å². The molecule has 23 heavy (non-hydrogen) atoms. The quantitative estimate of drug-likeness (QED) is 0.591. The zero-order valence-electron chi connectivity index (χ0n) is 12.0. The first-order chi connectivity index (χ1) is 11.0. The van der Waals surface area contributed by atoms with Gasteiger partial charge in [0.05, 0.1) is 23.7 Å². The molecule has 4 N–H and O–H groups in total. The van der Waals surface area contributed by atoms with E-state index >= 15 is 0 Å². The molecule has 0 unspecified atom stereocenters. The van der Waals surface area contributed by atoms with E-state index in [-0.39, 0.29) is 29.4 Å². The van der Waals surface area contributed by atoms with Crippen molar-refractivity contribution in [3.05, 3.63) is 65.0 Å². The average molecular weight is 312 g/mol. The summed E-state index contributed by atoms with van der Waals surface area (Å²) in [6, 6.07) is 11.8. The minimum absolute atomic E-state index is 0.0387. The number of aliphatic imine (C=N–C) groups is 1. The van der Waals surface area contributed by atoms with E-state index < -0.39 is 11.7 Å². The number of guanidine groups is 1. The molecule has 2 rings (SSSR count). The van der Waals surface area contributed by atoms with Crippen LogP contribution in [0.2, 0.25) is 0 Å². The molecule has 0 saturated heterocycles. The molecule has 0 aliphatic rings. The maximum atomic E-state index is 13.4. The number of rotatable bonds is 3. The lowest BCUT2D eigenvalue weighted by Gasteiger charge is -2.07. The lowest BCUT2D eigenvalue weighted by Crippen LogP contribution is -2.36. The van der Waals surface area contributed by atoms with Gasteiger partial charge >= 0.3 is 0 Å². The minimum atomic E-state index is -0.714. The predicted octanol–water partition coefficient (Wildman–Crippen LogP) is 1.65. The Bertz CT molecular complexity index is 812. The second-order valence-electron chi connectivity index (χ2n) is 4.59. The van der Waals surface area contributed by atoms with Gasteiger partial charge in [-0.15, -0.1) is 0 Å². The number of nitrogens with two attached hydrogens (primary N) is 1. The maximum absolute atomic E-state index is 13.4. The summed E-state index contributed by atoms with van der Waals surface area (Å²) in [5, 5.41) is 20.7. The zero-order chi connectivity index (χ0) is 16.8. The number of nitrogens with zero attached hydrogens (tertiary/aromatic N) is 2. The predicted molar refractivity (Wildman–Crippen MR) is 82.0 cm³/mol. The largest absolute Gasteiger partial charge is 0.507 e. The highest BCUT2D eigenvalue weighted by Gasteiger charge is 2.13. The molecule has 0 radical (unpaired) electrons. The molecule has 0 fully saturated rings. The van der Waals surface area contributed by atoms with Gasteiger partial charge in [0.2, 0.25) is 0 Å². The van der Waals surface area contributed by atoms with Crippen LogP contribution in [0.4, 0.5) is 4.39 Å². The molecule has 0 aromatic heterocycles. The Balaban J connectivity index is 2.09. The minimum Gasteiger partial charge on any atom is -0.507 e. The third-order valence-corrected chi connectivity index (χ3v) is 2.99. The van der Waals surface area contributed by atoms with Gasteiger partial charge in [0.1, 0.15) is 11.6 Å². The van der Waals surface area contributed by atoms with Gasteiger partial charge < -0.3 is 10.8 Å². The van der Waals surface area contributed by atoms with Gasteiger partial charge in [0.25, 0.3) is 5.91 Å². The molecular weight excluding hydrogens is 299 g/mol. The summed E-state index contributed by atoms with van der Waals surface area (Å²) < 4.78 is 13.4. The fourth-order valence-corrected chi connectivity index (χ4v) is 1.81. The third kappa shape index (κ3) is 4.04. The number of nitrogens with one attached hydrogen (secondary N) is 1. The first-order valence-corrected chi connectivity index (χ1v) is 6.59. The van der Waals surface area contributed by atoms with Gasteiger partial charge in [0.15, 0.2) is 5.96 Å². The number of hydrogen-bond acceptors (Lipinski definition) is 4. The number of phenolic OH excluding ortho intramolecular Hbond substituents is 1. The zero-order valence-corrected chi connectivity index (χ0v) is 12.0. The molecule has 0 bridgehead atoms. The van der Waals surface area contributed by atoms with Crippen LogP contribution in [-0.2, 0) is 6.54 Å². The van der Waals surface area contributed by atoms with E-state index in [4.69, 9.17) is 11.0 Å². The molecule has 1 amide bonds. The summed E-state index contributed by atoms with van der Waals surface area (Å²) in [4.78, 5) is 15.9. The lowest BCUT2D eigenvalue weighted by atomic mass is 10.1. The number of amides is 1. The van der Waals surface area contributed by atoms with E-state index in [0.717, 1.165) is 0 Å². The first kappa shape index (κ1) is 16.0. The van der Waals surface area contributed by atoms with Gasteiger partial charge in [-0.05, 0) is 24.3 Å². The number of carbonyl (C=O) groups excluding carboxylic acids is 1. The van der Waals surface area contributed by atoms with Crippen LogP contribution < -0.4 is 11.1 Å². The molecule has 2 aromatic carbocycles. The van der Waals surface area contributed by atoms with Crippen molar-refractivity contribution in [3.63, 3.8) is 0 Å². The Morgan fingerprint density at radius 1 is 1.35 bits per heavy atom. The van der Waals surface area contributed by atoms with Gasteiger partial charge in [-0.3, -0.25) is 10.1 Å². The van der Waals surface area contributed by atoms with Gasteiger partial charge in [-0.2, -0.15) is 5.26 Å². The van der Waals surface area contributed by atoms with Crippen molar-refractivity contribution in [3.8, 4) is 11.8 Å². The summed E-state index contributed by atoms with van der Waals surface area (Å²) in [7, 11) is 0. The van der Waals surface area contributed by atoms with E-state index in [9.17, 15) is 14.3 Å². The molecular formula is C16H13FN4O2. The molecule has 0 aliphatic heterocycles. The second-order valence-corrected chi connectivity index (χ2v) is 4.59. The van der Waals surface area contributed by atoms with Crippen molar-refractivity contribution >= 4 is 11.9 Å². The summed E-state index contributed by atoms with van der Waals surface area (Å²) in [6.07, 6.45) is 0. The molecule has 7 heteroatoms. The van der Waals surface area contributed by atoms with Crippen molar-refractivity contribution in [2.24, 2.45) is 10.7 Å². The van der Waals surface area contributed by atoms with Crippen molar-refractivity contribution in [2.45, 2.75) is 6.54 Å². The highest BCUT2D eigenvalue weighted by Crippen LogP contribution is 2.17. The Hall–Kier alpha value is -3.40. The number of phenols is 1. The molecule has 116 valence electrons. The Labute approximate surface area is 131 Å². The Kier molecular flexibility index (Phi) is 4.89. The van der Waals surface area contributed by atoms with Crippen LogP contribution in [0.3, 0.4) is 0 Å². The molecule has 0 saturated carbocycles. The number of aromatic hydroxyl groups is 1. The van der Waals surface area contributed by atoms with Crippen molar-refractivity contribution in [1.82, 2.24) is 5.32 Å². The fraction of sp³-hybridized carbons (Fsp3) is 0.0625. The third-order valence-electron chi connectivity index (χ3n) is 2.99. The van der Waals surface area contributed by atoms with E-state index in [2.05, 4.69) is 10.3 Å². The monoisotopic (exact) mass is 312 g/mol. The summed E-state index contributed by atoms with van der Waals surface area (Å²) in [6.45, 7) is -0.0387. The standard InChI is InChI=1S/C16H13FN4O2/c17-13-4-2-1-3-11(13)9-20-16(19)21-15(23)12-7-10(8-18)5-6-14(12)22/h1-7,22H,9H2,(H3,19,20,21,23). The molecule has 0 spiro atoms. The SMILES string of the molecule is N#Cc1ccc(O)c(C(=O)NC(N)=NCc2ccccc2F)c1. The summed E-state index contributed by atoms with van der Waals surface area (Å²) >= 11 is 0. The fourth-order valence-electron chi connectivity index (χ4n) is 1.81. The Morgan fingerprint density at radius 3 is 2.78 bits per heavy atom. The Morgan fingerprint density at radius 2 is 2.09 bits per heavy atom. The van der Waals surface area contributed by atoms with Crippen LogP contribution >= 0.6 is 0 Å². The number of halogens is 1. The maximum Gasteiger partial charge on any atom is 0.261 e. The van der Waals surface area contributed by atoms with Crippen molar-refractivity contribution in [2.75, 3.05) is 0 Å². The van der Waals surface area contributed by atoms with Crippen LogP contribution in [0.25, 0.3) is 0 Å². The summed E-state index contributed by atoms with van der Waals surface area (Å²) in [5.74, 6) is -1.65. The molecule has 0 aliphatic carbocycles. The first-order valence-electron chi connectivity index (χ1n) is 6.59. The number of hydrogen-bond donors (Lipinski definition) is 3. The van der Waals surface area contributed by atoms with E-state index in [1.165, 1.54) is 24.3 Å². The van der Waals surface area contributed by atoms with Crippen molar-refractivity contribution in [1.29, 1.82) is 5.26 Å². The lowest BCUT2D eigenvalue weighted by molar-refractivity contribution is 0.0974. The second kappa shape index (κ2) is 7.04. The van der Waals surface area contributed by atoms with Gasteiger partial charge in [-0.25, -0.2) is 9.38 Å². The molecule has 6 nitrogen and oxygen atoms in total. The highest BCUT2D eigenvalue weighted by molar-refractivity contribution is 6.06. The number of nitriles is 1. The molecule has 0 heterocycles. The summed E-state index contributed by atoms with van der Waals surface area (Å²) in [5.41, 5.74) is 6.03. The van der Waals surface area contributed by atoms with Crippen LogP contribution in [0.5, 0.6) is 5.75 Å². The average Bonchev–Trinajstić information content (AvgIpc) is 2.54. The van der Waals surface area contributed by atoms with Gasteiger partial charge in [-0.1, -0.05) is 18.2 Å². The highest BCUT2D eigenvalue weighted by atomic mass is 19.1. The van der Waals surface area contributed by atoms with E-state index in [1.807, 2.05) is 6.07 Å². The molecule has 0 atom stereocenters. The number of carbonyl (C=O) groups is 1. The normalized spacial score (nSPS) is 10.9. The topological polar surface area (TPSA) is 111 Å². The smallest absolute Gasteiger partial charge is 0.261 e. The van der Waals surface area contributed by atoms with Crippen LogP contribution in [-0.4, -0.2) is 17.0 Å². The van der Waals surface area contributed by atoms with Crippen LogP contribution in [0.15, 0.2) is 47.5 Å². The number of benzene rings is 2.